The van der Waals surface area contributed by atoms with Crippen LogP contribution in [-0.4, -0.2) is 19.1 Å². The number of nitrogen functional groups attached to an aromatic ring is 1. The van der Waals surface area contributed by atoms with Crippen molar-refractivity contribution in [3.8, 4) is 5.75 Å². The molecule has 0 aromatic heterocycles. The predicted molar refractivity (Wildman–Crippen MR) is 76.3 cm³/mol. The minimum absolute atomic E-state index is 0.114. The molecule has 1 aliphatic rings. The number of nitrogens with one attached hydrogen (secondary N) is 1. The molecule has 1 saturated carbocycles. The molecule has 2 rings (SSSR count). The van der Waals surface area contributed by atoms with Gasteiger partial charge in [-0.15, -0.1) is 0 Å². The van der Waals surface area contributed by atoms with E-state index < -0.39 is 0 Å². The van der Waals surface area contributed by atoms with Gasteiger partial charge in [0.05, 0.1) is 18.4 Å². The summed E-state index contributed by atoms with van der Waals surface area (Å²) in [5, 5.41) is 3.10. The van der Waals surface area contributed by atoms with Gasteiger partial charge in [0.1, 0.15) is 5.75 Å². The number of methoxy groups -OCH3 is 1. The number of nitrogens with two attached hydrogens (primary N) is 1. The van der Waals surface area contributed by atoms with Gasteiger partial charge in [0, 0.05) is 6.04 Å². The maximum Gasteiger partial charge on any atom is 0.253 e. The highest BCUT2D eigenvalue weighted by molar-refractivity contribution is 6.00. The van der Waals surface area contributed by atoms with Gasteiger partial charge >= 0.3 is 0 Å². The average Bonchev–Trinajstić information content (AvgIpc) is 2.69. The number of carbonyl (C=O) groups excluding carboxylic acids is 1. The van der Waals surface area contributed by atoms with E-state index in [2.05, 4.69) is 19.2 Å². The summed E-state index contributed by atoms with van der Waals surface area (Å²) < 4.78 is 5.14. The molecule has 4 nitrogen and oxygen atoms in total. The topological polar surface area (TPSA) is 64.3 Å². The van der Waals surface area contributed by atoms with Crippen molar-refractivity contribution in [2.24, 2.45) is 5.41 Å². The SMILES string of the molecule is COc1cccc(C(=O)NC2CCCC2(C)C)c1N. The molecule has 0 saturated heterocycles. The molecule has 1 atom stereocenters. The molecule has 0 aliphatic heterocycles. The molecule has 1 aromatic carbocycles. The van der Waals surface area contributed by atoms with E-state index in [1.807, 2.05) is 0 Å². The average molecular weight is 262 g/mol. The van der Waals surface area contributed by atoms with E-state index in [9.17, 15) is 4.79 Å². The zero-order chi connectivity index (χ0) is 14.0. The van der Waals surface area contributed by atoms with E-state index in [1.54, 1.807) is 25.3 Å². The first-order chi connectivity index (χ1) is 8.95. The molecule has 1 amide bonds. The predicted octanol–water partition coefficient (Wildman–Crippen LogP) is 2.59. The number of carbonyl (C=O) groups is 1. The third-order valence-electron chi connectivity index (χ3n) is 4.09. The molecule has 4 heteroatoms. The van der Waals surface area contributed by atoms with Crippen molar-refractivity contribution in [2.75, 3.05) is 12.8 Å². The van der Waals surface area contributed by atoms with Crippen LogP contribution in [0.5, 0.6) is 5.75 Å². The second-order valence-corrected chi connectivity index (χ2v) is 5.83. The number of rotatable bonds is 3. The first-order valence-corrected chi connectivity index (χ1v) is 6.69. The lowest BCUT2D eigenvalue weighted by molar-refractivity contribution is 0.0910. The molecule has 1 aliphatic carbocycles. The smallest absolute Gasteiger partial charge is 0.253 e. The summed E-state index contributed by atoms with van der Waals surface area (Å²) >= 11 is 0. The van der Waals surface area contributed by atoms with E-state index in [-0.39, 0.29) is 17.4 Å². The number of hydrogen-bond acceptors (Lipinski definition) is 3. The Kier molecular flexibility index (Phi) is 3.69. The molecule has 19 heavy (non-hydrogen) atoms. The zero-order valence-electron chi connectivity index (χ0n) is 11.8. The minimum Gasteiger partial charge on any atom is -0.495 e. The maximum atomic E-state index is 12.3. The Balaban J connectivity index is 2.17. The third-order valence-corrected chi connectivity index (χ3v) is 4.09. The fourth-order valence-corrected chi connectivity index (χ4v) is 2.75. The Morgan fingerprint density at radius 2 is 2.21 bits per heavy atom. The minimum atomic E-state index is -0.114. The van der Waals surface area contributed by atoms with E-state index in [0.717, 1.165) is 19.3 Å². The van der Waals surface area contributed by atoms with Crippen LogP contribution in [0.25, 0.3) is 0 Å². The van der Waals surface area contributed by atoms with Gasteiger partial charge in [-0.1, -0.05) is 26.3 Å². The number of amides is 1. The first kappa shape index (κ1) is 13.7. The van der Waals surface area contributed by atoms with Crippen LogP contribution < -0.4 is 15.8 Å². The van der Waals surface area contributed by atoms with Gasteiger partial charge in [0.15, 0.2) is 0 Å². The van der Waals surface area contributed by atoms with Crippen LogP contribution in [0.1, 0.15) is 43.5 Å². The van der Waals surface area contributed by atoms with Crippen molar-refractivity contribution < 1.29 is 9.53 Å². The van der Waals surface area contributed by atoms with Crippen LogP contribution in [0.2, 0.25) is 0 Å². The lowest BCUT2D eigenvalue weighted by Crippen LogP contribution is -2.41. The van der Waals surface area contributed by atoms with E-state index in [1.165, 1.54) is 0 Å². The van der Waals surface area contributed by atoms with Crippen LogP contribution in [0.15, 0.2) is 18.2 Å². The van der Waals surface area contributed by atoms with Gasteiger partial charge in [0.25, 0.3) is 5.91 Å². The first-order valence-electron chi connectivity index (χ1n) is 6.69. The highest BCUT2D eigenvalue weighted by atomic mass is 16.5. The molecule has 1 unspecified atom stereocenters. The zero-order valence-corrected chi connectivity index (χ0v) is 11.8. The van der Waals surface area contributed by atoms with Crippen molar-refractivity contribution in [2.45, 2.75) is 39.2 Å². The van der Waals surface area contributed by atoms with Crippen molar-refractivity contribution in [3.05, 3.63) is 23.8 Å². The Morgan fingerprint density at radius 1 is 1.47 bits per heavy atom. The van der Waals surface area contributed by atoms with Gasteiger partial charge in [-0.2, -0.15) is 0 Å². The quantitative estimate of drug-likeness (QED) is 0.823. The molecule has 0 spiro atoms. The molecule has 1 aromatic rings. The molecular weight excluding hydrogens is 240 g/mol. The van der Waals surface area contributed by atoms with Crippen molar-refractivity contribution in [1.82, 2.24) is 5.32 Å². The van der Waals surface area contributed by atoms with Gasteiger partial charge < -0.3 is 15.8 Å². The Hall–Kier alpha value is -1.71. The number of benzene rings is 1. The number of ether oxygens (including phenoxy) is 1. The maximum absolute atomic E-state index is 12.3. The largest absolute Gasteiger partial charge is 0.495 e. The molecule has 0 bridgehead atoms. The summed E-state index contributed by atoms with van der Waals surface area (Å²) in [6.07, 6.45) is 3.33. The Labute approximate surface area is 114 Å². The standard InChI is InChI=1S/C15H22N2O2/c1-15(2)9-5-8-12(15)17-14(18)10-6-4-7-11(19-3)13(10)16/h4,6-7,12H,5,8-9,16H2,1-3H3,(H,17,18). The van der Waals surface area contributed by atoms with E-state index in [0.29, 0.717) is 17.0 Å². The molecule has 0 radical (unpaired) electrons. The molecule has 0 heterocycles. The summed E-state index contributed by atoms with van der Waals surface area (Å²) in [7, 11) is 1.55. The summed E-state index contributed by atoms with van der Waals surface area (Å²) in [5.41, 5.74) is 7.00. The van der Waals surface area contributed by atoms with Crippen LogP contribution >= 0.6 is 0 Å². The molecule has 3 N–H and O–H groups in total. The Morgan fingerprint density at radius 3 is 2.79 bits per heavy atom. The number of hydrogen-bond donors (Lipinski definition) is 2. The summed E-state index contributed by atoms with van der Waals surface area (Å²) in [6, 6.07) is 5.48. The van der Waals surface area contributed by atoms with Gasteiger partial charge in [0.2, 0.25) is 0 Å². The van der Waals surface area contributed by atoms with Gasteiger partial charge in [-0.25, -0.2) is 0 Å². The van der Waals surface area contributed by atoms with Crippen LogP contribution in [-0.2, 0) is 0 Å². The van der Waals surface area contributed by atoms with Crippen molar-refractivity contribution >= 4 is 11.6 Å². The second-order valence-electron chi connectivity index (χ2n) is 5.83. The number of anilines is 1. The molecule has 1 fully saturated rings. The van der Waals surface area contributed by atoms with Crippen molar-refractivity contribution in [1.29, 1.82) is 0 Å². The fraction of sp³-hybridized carbons (Fsp3) is 0.533. The molecular formula is C15H22N2O2. The lowest BCUT2D eigenvalue weighted by atomic mass is 9.87. The Bertz CT molecular complexity index is 483. The highest BCUT2D eigenvalue weighted by Crippen LogP contribution is 2.37. The lowest BCUT2D eigenvalue weighted by Gasteiger charge is -2.28. The van der Waals surface area contributed by atoms with Crippen LogP contribution in [0, 0.1) is 5.41 Å². The normalized spacial score (nSPS) is 21.1. The highest BCUT2D eigenvalue weighted by Gasteiger charge is 2.35. The van der Waals surface area contributed by atoms with Gasteiger partial charge in [-0.3, -0.25) is 4.79 Å². The fourth-order valence-electron chi connectivity index (χ4n) is 2.75. The van der Waals surface area contributed by atoms with Crippen LogP contribution in [0.4, 0.5) is 5.69 Å². The second kappa shape index (κ2) is 5.11. The van der Waals surface area contributed by atoms with Crippen LogP contribution in [0.3, 0.4) is 0 Å². The monoisotopic (exact) mass is 262 g/mol. The van der Waals surface area contributed by atoms with E-state index >= 15 is 0 Å². The molecule has 104 valence electrons. The van der Waals surface area contributed by atoms with E-state index in [4.69, 9.17) is 10.5 Å². The third kappa shape index (κ3) is 2.67. The summed E-state index contributed by atoms with van der Waals surface area (Å²) in [5.74, 6) is 0.426. The van der Waals surface area contributed by atoms with Gasteiger partial charge in [-0.05, 0) is 30.4 Å². The summed E-state index contributed by atoms with van der Waals surface area (Å²) in [6.45, 7) is 4.39. The van der Waals surface area contributed by atoms with Crippen molar-refractivity contribution in [3.63, 3.8) is 0 Å². The number of para-hydroxylation sites is 1. The summed E-state index contributed by atoms with van der Waals surface area (Å²) in [4.78, 5) is 12.3.